The Morgan fingerprint density at radius 1 is 1.39 bits per heavy atom. The summed E-state index contributed by atoms with van der Waals surface area (Å²) in [5.74, 6) is 0.121. The zero-order valence-electron chi connectivity index (χ0n) is 9.53. The number of phenols is 1. The van der Waals surface area contributed by atoms with Crippen LogP contribution in [0.5, 0.6) is 5.75 Å². The SMILES string of the molecule is Cc1ccnc(Sc2cccc(O)c2)c1[N+](=O)[O-]. The van der Waals surface area contributed by atoms with Crippen LogP contribution in [0.4, 0.5) is 5.69 Å². The first kappa shape index (κ1) is 12.4. The number of hydrogen-bond donors (Lipinski definition) is 1. The van der Waals surface area contributed by atoms with Crippen molar-refractivity contribution >= 4 is 17.4 Å². The minimum atomic E-state index is -0.437. The van der Waals surface area contributed by atoms with E-state index < -0.39 is 4.92 Å². The van der Waals surface area contributed by atoms with Gasteiger partial charge in [-0.25, -0.2) is 4.98 Å². The fraction of sp³-hybridized carbons (Fsp3) is 0.0833. The number of benzene rings is 1. The van der Waals surface area contributed by atoms with E-state index in [0.717, 1.165) is 11.8 Å². The lowest BCUT2D eigenvalue weighted by Crippen LogP contribution is -1.96. The highest BCUT2D eigenvalue weighted by molar-refractivity contribution is 7.99. The number of nitrogens with zero attached hydrogens (tertiary/aromatic N) is 2. The van der Waals surface area contributed by atoms with Crippen LogP contribution < -0.4 is 0 Å². The molecule has 0 atom stereocenters. The van der Waals surface area contributed by atoms with Crippen molar-refractivity contribution in [2.24, 2.45) is 0 Å². The van der Waals surface area contributed by atoms with Gasteiger partial charge < -0.3 is 5.11 Å². The van der Waals surface area contributed by atoms with Gasteiger partial charge in [0, 0.05) is 16.7 Å². The minimum absolute atomic E-state index is 0.00541. The number of rotatable bonds is 3. The molecular formula is C12H10N2O3S. The second-order valence-electron chi connectivity index (χ2n) is 3.64. The smallest absolute Gasteiger partial charge is 0.304 e. The van der Waals surface area contributed by atoms with E-state index in [1.165, 1.54) is 6.20 Å². The van der Waals surface area contributed by atoms with Crippen LogP contribution in [0, 0.1) is 17.0 Å². The first-order valence-corrected chi connectivity index (χ1v) is 5.96. The highest BCUT2D eigenvalue weighted by atomic mass is 32.2. The molecule has 0 saturated heterocycles. The van der Waals surface area contributed by atoms with Gasteiger partial charge in [0.2, 0.25) is 0 Å². The Morgan fingerprint density at radius 2 is 2.17 bits per heavy atom. The summed E-state index contributed by atoms with van der Waals surface area (Å²) in [7, 11) is 0. The van der Waals surface area contributed by atoms with Crippen LogP contribution in [-0.4, -0.2) is 15.0 Å². The second-order valence-corrected chi connectivity index (χ2v) is 4.70. The summed E-state index contributed by atoms with van der Waals surface area (Å²) >= 11 is 1.16. The summed E-state index contributed by atoms with van der Waals surface area (Å²) in [5, 5.41) is 20.7. The molecule has 0 saturated carbocycles. The number of nitro groups is 1. The van der Waals surface area contributed by atoms with E-state index in [9.17, 15) is 15.2 Å². The quantitative estimate of drug-likeness (QED) is 0.679. The number of aromatic hydroxyl groups is 1. The molecule has 1 N–H and O–H groups in total. The molecule has 0 radical (unpaired) electrons. The predicted octanol–water partition coefficient (Wildman–Crippen LogP) is 3.16. The Balaban J connectivity index is 2.40. The highest BCUT2D eigenvalue weighted by Gasteiger charge is 2.19. The highest BCUT2D eigenvalue weighted by Crippen LogP contribution is 2.35. The van der Waals surface area contributed by atoms with Crippen molar-refractivity contribution in [2.75, 3.05) is 0 Å². The van der Waals surface area contributed by atoms with Crippen LogP contribution in [-0.2, 0) is 0 Å². The first-order valence-electron chi connectivity index (χ1n) is 5.15. The van der Waals surface area contributed by atoms with Crippen LogP contribution in [0.3, 0.4) is 0 Å². The van der Waals surface area contributed by atoms with E-state index in [4.69, 9.17) is 0 Å². The molecule has 1 heterocycles. The number of aromatic nitrogens is 1. The Kier molecular flexibility index (Phi) is 3.47. The molecule has 6 heteroatoms. The lowest BCUT2D eigenvalue weighted by atomic mass is 10.3. The van der Waals surface area contributed by atoms with Crippen LogP contribution in [0.25, 0.3) is 0 Å². The largest absolute Gasteiger partial charge is 0.508 e. The molecule has 1 aromatic heterocycles. The fourth-order valence-corrected chi connectivity index (χ4v) is 2.48. The van der Waals surface area contributed by atoms with E-state index in [1.54, 1.807) is 37.3 Å². The summed E-state index contributed by atoms with van der Waals surface area (Å²) in [5.41, 5.74) is 0.573. The number of hydrogen-bond acceptors (Lipinski definition) is 5. The Morgan fingerprint density at radius 3 is 2.83 bits per heavy atom. The molecule has 0 unspecified atom stereocenters. The molecule has 0 fully saturated rings. The maximum atomic E-state index is 11.0. The van der Waals surface area contributed by atoms with Gasteiger partial charge in [-0.3, -0.25) is 10.1 Å². The molecule has 1 aromatic carbocycles. The van der Waals surface area contributed by atoms with E-state index in [0.29, 0.717) is 15.5 Å². The molecule has 2 aromatic rings. The molecule has 18 heavy (non-hydrogen) atoms. The molecule has 0 aliphatic carbocycles. The lowest BCUT2D eigenvalue weighted by Gasteiger charge is -2.04. The van der Waals surface area contributed by atoms with E-state index in [2.05, 4.69) is 4.98 Å². The third-order valence-electron chi connectivity index (χ3n) is 2.31. The van der Waals surface area contributed by atoms with E-state index in [1.807, 2.05) is 0 Å². The van der Waals surface area contributed by atoms with Crippen molar-refractivity contribution < 1.29 is 10.0 Å². The third kappa shape index (κ3) is 2.60. The third-order valence-corrected chi connectivity index (χ3v) is 3.29. The van der Waals surface area contributed by atoms with Gasteiger partial charge >= 0.3 is 5.69 Å². The van der Waals surface area contributed by atoms with Crippen molar-refractivity contribution in [3.8, 4) is 5.75 Å². The zero-order valence-corrected chi connectivity index (χ0v) is 10.3. The molecule has 0 aliphatic heterocycles. The summed E-state index contributed by atoms with van der Waals surface area (Å²) in [6, 6.07) is 8.13. The Bertz CT molecular complexity index is 602. The average Bonchev–Trinajstić information content (AvgIpc) is 2.28. The molecule has 0 bridgehead atoms. The van der Waals surface area contributed by atoms with Crippen molar-refractivity contribution in [2.45, 2.75) is 16.8 Å². The molecular weight excluding hydrogens is 252 g/mol. The van der Waals surface area contributed by atoms with Gasteiger partial charge in [0.05, 0.1) is 4.92 Å². The molecule has 5 nitrogen and oxygen atoms in total. The average molecular weight is 262 g/mol. The lowest BCUT2D eigenvalue weighted by molar-refractivity contribution is -0.388. The fourth-order valence-electron chi connectivity index (χ4n) is 1.48. The summed E-state index contributed by atoms with van der Waals surface area (Å²) in [6.45, 7) is 1.67. The van der Waals surface area contributed by atoms with Gasteiger partial charge in [0.15, 0.2) is 5.03 Å². The molecule has 0 aliphatic rings. The maximum absolute atomic E-state index is 11.0. The number of aryl methyl sites for hydroxylation is 1. The van der Waals surface area contributed by atoms with E-state index >= 15 is 0 Å². The van der Waals surface area contributed by atoms with Gasteiger partial charge in [-0.05, 0) is 31.2 Å². The normalized spacial score (nSPS) is 10.3. The molecule has 0 amide bonds. The van der Waals surface area contributed by atoms with Crippen LogP contribution in [0.1, 0.15) is 5.56 Å². The van der Waals surface area contributed by atoms with Gasteiger partial charge in [-0.1, -0.05) is 17.8 Å². The van der Waals surface area contributed by atoms with Crippen molar-refractivity contribution in [3.63, 3.8) is 0 Å². The van der Waals surface area contributed by atoms with Gasteiger partial charge in [-0.2, -0.15) is 0 Å². The van der Waals surface area contributed by atoms with E-state index in [-0.39, 0.29) is 11.4 Å². The molecule has 92 valence electrons. The van der Waals surface area contributed by atoms with Gasteiger partial charge in [-0.15, -0.1) is 0 Å². The summed E-state index contributed by atoms with van der Waals surface area (Å²) in [4.78, 5) is 15.3. The Hall–Kier alpha value is -2.08. The van der Waals surface area contributed by atoms with Gasteiger partial charge in [0.1, 0.15) is 5.75 Å². The second kappa shape index (κ2) is 5.05. The Labute approximate surface area is 108 Å². The minimum Gasteiger partial charge on any atom is -0.508 e. The first-order chi connectivity index (χ1) is 8.58. The molecule has 0 spiro atoms. The van der Waals surface area contributed by atoms with Crippen molar-refractivity contribution in [1.29, 1.82) is 0 Å². The van der Waals surface area contributed by atoms with Crippen LogP contribution >= 0.6 is 11.8 Å². The van der Waals surface area contributed by atoms with Gasteiger partial charge in [0.25, 0.3) is 0 Å². The topological polar surface area (TPSA) is 76.3 Å². The number of pyridine rings is 1. The monoisotopic (exact) mass is 262 g/mol. The van der Waals surface area contributed by atoms with Crippen molar-refractivity contribution in [1.82, 2.24) is 4.98 Å². The molecule has 2 rings (SSSR count). The zero-order chi connectivity index (χ0) is 13.1. The van der Waals surface area contributed by atoms with Crippen molar-refractivity contribution in [3.05, 3.63) is 52.2 Å². The van der Waals surface area contributed by atoms with Crippen LogP contribution in [0.2, 0.25) is 0 Å². The standard InChI is InChI=1S/C12H10N2O3S/c1-8-5-6-13-12(11(8)14(16)17)18-10-4-2-3-9(15)7-10/h2-7,15H,1H3. The van der Waals surface area contributed by atoms with Crippen LogP contribution in [0.15, 0.2) is 46.5 Å². The summed E-state index contributed by atoms with van der Waals surface area (Å²) < 4.78 is 0. The summed E-state index contributed by atoms with van der Waals surface area (Å²) in [6.07, 6.45) is 1.54. The maximum Gasteiger partial charge on any atom is 0.304 e. The number of phenolic OH excluding ortho intramolecular Hbond substituents is 1. The predicted molar refractivity (Wildman–Crippen MR) is 67.9 cm³/mol.